The minimum absolute atomic E-state index is 0.0872. The molecule has 0 atom stereocenters. The van der Waals surface area contributed by atoms with Crippen molar-refractivity contribution in [1.29, 1.82) is 0 Å². The monoisotopic (exact) mass is 499 g/mol. The van der Waals surface area contributed by atoms with E-state index in [1.165, 1.54) is 35.0 Å². The molecule has 0 radical (unpaired) electrons. The van der Waals surface area contributed by atoms with Gasteiger partial charge in [0.05, 0.1) is 5.75 Å². The maximum Gasteiger partial charge on any atom is 0.234 e. The van der Waals surface area contributed by atoms with Crippen LogP contribution in [0.4, 0.5) is 10.8 Å². The molecule has 4 aromatic rings. The van der Waals surface area contributed by atoms with Crippen molar-refractivity contribution in [2.75, 3.05) is 23.0 Å². The second kappa shape index (κ2) is 9.55. The van der Waals surface area contributed by atoms with E-state index in [0.29, 0.717) is 5.65 Å². The Hall–Kier alpha value is -2.49. The van der Waals surface area contributed by atoms with Crippen molar-refractivity contribution >= 4 is 66.1 Å². The summed E-state index contributed by atoms with van der Waals surface area (Å²) in [6, 6.07) is 17.8. The molecule has 1 N–H and O–H groups in total. The van der Waals surface area contributed by atoms with Crippen molar-refractivity contribution in [3.8, 4) is 0 Å². The van der Waals surface area contributed by atoms with Crippen LogP contribution in [0, 0.1) is 0 Å². The van der Waals surface area contributed by atoms with Crippen LogP contribution in [-0.2, 0) is 11.3 Å². The van der Waals surface area contributed by atoms with Crippen LogP contribution in [0.2, 0.25) is 0 Å². The zero-order valence-electron chi connectivity index (χ0n) is 16.1. The molecule has 6 nitrogen and oxygen atoms in total. The maximum absolute atomic E-state index is 12.3. The fourth-order valence-corrected chi connectivity index (χ4v) is 5.06. The number of carbonyl (C=O) groups is 1. The van der Waals surface area contributed by atoms with Gasteiger partial charge in [-0.1, -0.05) is 75.4 Å². The summed E-state index contributed by atoms with van der Waals surface area (Å²) >= 11 is 6.33. The highest BCUT2D eigenvalue weighted by Crippen LogP contribution is 2.33. The third-order valence-electron chi connectivity index (χ3n) is 4.18. The summed E-state index contributed by atoms with van der Waals surface area (Å²) in [5.74, 6) is 0.168. The maximum atomic E-state index is 12.3. The summed E-state index contributed by atoms with van der Waals surface area (Å²) in [4.78, 5) is 27.8. The third kappa shape index (κ3) is 5.16. The number of rotatable bonds is 7. The quantitative estimate of drug-likeness (QED) is 0.277. The Balaban J connectivity index is 1.45. The van der Waals surface area contributed by atoms with Crippen LogP contribution in [0.15, 0.2) is 70.4 Å². The molecule has 0 saturated heterocycles. The van der Waals surface area contributed by atoms with Gasteiger partial charge < -0.3 is 10.2 Å². The Morgan fingerprint density at radius 1 is 1.17 bits per heavy atom. The number of thiazole rings is 1. The predicted molar refractivity (Wildman–Crippen MR) is 127 cm³/mol. The summed E-state index contributed by atoms with van der Waals surface area (Å²) in [7, 11) is 2.01. The number of nitrogens with one attached hydrogen (secondary N) is 1. The first-order chi connectivity index (χ1) is 14.6. The van der Waals surface area contributed by atoms with E-state index in [4.69, 9.17) is 0 Å². The molecule has 0 bridgehead atoms. The minimum Gasteiger partial charge on any atom is -0.347 e. The zero-order chi connectivity index (χ0) is 20.9. The molecule has 4 rings (SSSR count). The van der Waals surface area contributed by atoms with Gasteiger partial charge in [-0.2, -0.15) is 4.98 Å². The van der Waals surface area contributed by atoms with E-state index in [-0.39, 0.29) is 11.7 Å². The van der Waals surface area contributed by atoms with Gasteiger partial charge in [-0.25, -0.2) is 9.97 Å². The lowest BCUT2D eigenvalue weighted by atomic mass is 10.2. The lowest BCUT2D eigenvalue weighted by Crippen LogP contribution is -2.15. The molecule has 0 spiro atoms. The van der Waals surface area contributed by atoms with E-state index in [1.807, 2.05) is 49.5 Å². The number of thioether (sulfide) groups is 1. The predicted octanol–water partition coefficient (Wildman–Crippen LogP) is 5.22. The second-order valence-electron chi connectivity index (χ2n) is 6.52. The topological polar surface area (TPSA) is 71.0 Å². The Morgan fingerprint density at radius 2 is 2.00 bits per heavy atom. The molecule has 0 aliphatic rings. The molecular formula is C21H18BrN5OS2. The summed E-state index contributed by atoms with van der Waals surface area (Å²) in [6.45, 7) is 0.756. The average molecular weight is 500 g/mol. The summed E-state index contributed by atoms with van der Waals surface area (Å²) in [6.07, 6.45) is 1.50. The zero-order valence-corrected chi connectivity index (χ0v) is 19.3. The van der Waals surface area contributed by atoms with Gasteiger partial charge in [-0.05, 0) is 23.8 Å². The minimum atomic E-state index is -0.0872. The third-order valence-corrected chi connectivity index (χ3v) is 6.96. The normalized spacial score (nSPS) is 10.9. The number of anilines is 2. The average Bonchev–Trinajstić information content (AvgIpc) is 3.18. The molecule has 2 aromatic carbocycles. The lowest BCUT2D eigenvalue weighted by molar-refractivity contribution is -0.113. The van der Waals surface area contributed by atoms with Crippen molar-refractivity contribution < 1.29 is 4.79 Å². The van der Waals surface area contributed by atoms with Crippen molar-refractivity contribution in [3.05, 3.63) is 71.0 Å². The van der Waals surface area contributed by atoms with E-state index >= 15 is 0 Å². The van der Waals surface area contributed by atoms with E-state index < -0.39 is 0 Å². The van der Waals surface area contributed by atoms with Crippen LogP contribution in [-0.4, -0.2) is 33.7 Å². The van der Waals surface area contributed by atoms with E-state index in [1.54, 1.807) is 0 Å². The molecule has 0 unspecified atom stereocenters. The Kier molecular flexibility index (Phi) is 6.61. The van der Waals surface area contributed by atoms with Crippen LogP contribution in [0.25, 0.3) is 10.3 Å². The highest BCUT2D eigenvalue weighted by molar-refractivity contribution is 9.10. The van der Waals surface area contributed by atoms with Gasteiger partial charge in [0.2, 0.25) is 5.91 Å². The first kappa shape index (κ1) is 20.8. The van der Waals surface area contributed by atoms with Gasteiger partial charge >= 0.3 is 0 Å². The molecular weight excluding hydrogens is 482 g/mol. The molecule has 0 aliphatic heterocycles. The Labute approximate surface area is 190 Å². The molecule has 30 heavy (non-hydrogen) atoms. The van der Waals surface area contributed by atoms with Crippen molar-refractivity contribution in [1.82, 2.24) is 15.0 Å². The number of fused-ring (bicyclic) bond motifs is 1. The molecule has 0 fully saturated rings. The number of halogens is 1. The van der Waals surface area contributed by atoms with Crippen LogP contribution in [0.3, 0.4) is 0 Å². The molecule has 9 heteroatoms. The number of carbonyl (C=O) groups excluding carboxylic acids is 1. The molecule has 2 aromatic heterocycles. The molecule has 0 aliphatic carbocycles. The first-order valence-corrected chi connectivity index (χ1v) is 11.7. The highest BCUT2D eigenvalue weighted by atomic mass is 79.9. The standard InChI is InChI=1S/C21H18BrN5OS2/c1-27(11-14-6-3-2-4-7-14)21-26-19-18(30-21)20(24-13-23-19)29-12-17(28)25-16-9-5-8-15(22)10-16/h2-10,13H,11-12H2,1H3,(H,25,28). The largest absolute Gasteiger partial charge is 0.347 e. The Morgan fingerprint density at radius 3 is 2.80 bits per heavy atom. The lowest BCUT2D eigenvalue weighted by Gasteiger charge is -2.15. The number of hydrogen-bond donors (Lipinski definition) is 1. The summed E-state index contributed by atoms with van der Waals surface area (Å²) < 4.78 is 1.81. The smallest absolute Gasteiger partial charge is 0.234 e. The number of aromatic nitrogens is 3. The van der Waals surface area contributed by atoms with Gasteiger partial charge in [-0.3, -0.25) is 4.79 Å². The summed E-state index contributed by atoms with van der Waals surface area (Å²) in [5, 5.41) is 4.53. The second-order valence-corrected chi connectivity index (χ2v) is 9.37. The SMILES string of the molecule is CN(Cc1ccccc1)c1nc2ncnc(SCC(=O)Nc3cccc(Br)c3)c2s1. The van der Waals surface area contributed by atoms with Crippen molar-refractivity contribution in [2.24, 2.45) is 0 Å². The fraction of sp³-hybridized carbons (Fsp3) is 0.143. The van der Waals surface area contributed by atoms with Crippen LogP contribution in [0.5, 0.6) is 0 Å². The van der Waals surface area contributed by atoms with E-state index in [2.05, 4.69) is 53.2 Å². The van der Waals surface area contributed by atoms with Crippen molar-refractivity contribution in [2.45, 2.75) is 11.6 Å². The van der Waals surface area contributed by atoms with Gasteiger partial charge in [0.1, 0.15) is 16.1 Å². The molecule has 152 valence electrons. The first-order valence-electron chi connectivity index (χ1n) is 9.13. The number of hydrogen-bond acceptors (Lipinski definition) is 7. The van der Waals surface area contributed by atoms with Crippen molar-refractivity contribution in [3.63, 3.8) is 0 Å². The summed E-state index contributed by atoms with van der Waals surface area (Å²) in [5.41, 5.74) is 2.62. The molecule has 0 saturated carbocycles. The van der Waals surface area contributed by atoms with Crippen LogP contribution < -0.4 is 10.2 Å². The highest BCUT2D eigenvalue weighted by Gasteiger charge is 2.15. The van der Waals surface area contributed by atoms with E-state index in [0.717, 1.165) is 31.6 Å². The van der Waals surface area contributed by atoms with Gasteiger partial charge in [0.15, 0.2) is 10.8 Å². The van der Waals surface area contributed by atoms with E-state index in [9.17, 15) is 4.79 Å². The van der Waals surface area contributed by atoms with Gasteiger partial charge in [0, 0.05) is 23.8 Å². The van der Waals surface area contributed by atoms with Gasteiger partial charge in [-0.15, -0.1) is 0 Å². The fourth-order valence-electron chi connectivity index (χ4n) is 2.81. The number of amides is 1. The van der Waals surface area contributed by atoms with Crippen LogP contribution >= 0.6 is 39.0 Å². The molecule has 1 amide bonds. The number of benzene rings is 2. The Bertz CT molecular complexity index is 1170. The number of nitrogens with zero attached hydrogens (tertiary/aromatic N) is 4. The molecule has 2 heterocycles. The van der Waals surface area contributed by atoms with Gasteiger partial charge in [0.25, 0.3) is 0 Å². The van der Waals surface area contributed by atoms with Crippen LogP contribution in [0.1, 0.15) is 5.56 Å².